The fourth-order valence-electron chi connectivity index (χ4n) is 0.869. The molecule has 0 aliphatic heterocycles. The Hall–Kier alpha value is -0.830. The van der Waals surface area contributed by atoms with Crippen LogP contribution in [0.15, 0.2) is 23.2 Å². The summed E-state index contributed by atoms with van der Waals surface area (Å²) in [7, 11) is 0. The monoisotopic (exact) mass is 181 g/mol. The highest BCUT2D eigenvalue weighted by Crippen LogP contribution is 2.15. The number of hydrogen-bond acceptors (Lipinski definition) is 3. The number of nitrogens with zero attached hydrogens (tertiary/aromatic N) is 1. The summed E-state index contributed by atoms with van der Waals surface area (Å²) in [4.78, 5) is 15.4. The molecule has 0 radical (unpaired) electrons. The number of carbonyl (C=O) groups is 1. The number of rotatable bonds is 4. The maximum absolute atomic E-state index is 10.1. The van der Waals surface area contributed by atoms with Crippen molar-refractivity contribution < 1.29 is 4.79 Å². The summed E-state index contributed by atoms with van der Waals surface area (Å²) in [5.74, 6) is 1.05. The first-order valence-electron chi connectivity index (χ1n) is 3.88. The summed E-state index contributed by atoms with van der Waals surface area (Å²) >= 11 is 1.75. The van der Waals surface area contributed by atoms with Crippen molar-refractivity contribution in [2.45, 2.75) is 18.2 Å². The molecular formula is C9H11NOS. The Balaban J connectivity index is 2.64. The highest BCUT2D eigenvalue weighted by Gasteiger charge is 1.94. The average Bonchev–Trinajstić information content (AvgIpc) is 2.09. The topological polar surface area (TPSA) is 30.0 Å². The summed E-state index contributed by atoms with van der Waals surface area (Å²) in [5.41, 5.74) is 0.838. The largest absolute Gasteiger partial charge is 0.303 e. The van der Waals surface area contributed by atoms with Crippen LogP contribution in [0.3, 0.4) is 0 Å². The van der Waals surface area contributed by atoms with Gasteiger partial charge in [-0.15, -0.1) is 11.8 Å². The second-order valence-electron chi connectivity index (χ2n) is 2.29. The van der Waals surface area contributed by atoms with E-state index in [2.05, 4.69) is 11.9 Å². The first kappa shape index (κ1) is 9.26. The summed E-state index contributed by atoms with van der Waals surface area (Å²) in [6.45, 7) is 2.10. The number of aromatic nitrogens is 1. The van der Waals surface area contributed by atoms with Crippen molar-refractivity contribution in [3.63, 3.8) is 0 Å². The lowest BCUT2D eigenvalue weighted by molar-refractivity contribution is -0.107. The molecule has 1 rings (SSSR count). The van der Waals surface area contributed by atoms with Gasteiger partial charge in [-0.2, -0.15) is 0 Å². The van der Waals surface area contributed by atoms with Crippen molar-refractivity contribution in [3.05, 3.63) is 24.0 Å². The highest BCUT2D eigenvalue weighted by molar-refractivity contribution is 7.99. The quantitative estimate of drug-likeness (QED) is 0.525. The van der Waals surface area contributed by atoms with Gasteiger partial charge < -0.3 is 4.79 Å². The van der Waals surface area contributed by atoms with Gasteiger partial charge in [-0.25, -0.2) is 0 Å². The SMILES string of the molecule is CCSc1ccc(CC=O)nc1. The fraction of sp³-hybridized carbons (Fsp3) is 0.333. The van der Waals surface area contributed by atoms with Crippen molar-refractivity contribution in [2.75, 3.05) is 5.75 Å². The Morgan fingerprint density at radius 2 is 2.42 bits per heavy atom. The molecule has 0 N–H and O–H groups in total. The van der Waals surface area contributed by atoms with Gasteiger partial charge in [-0.05, 0) is 17.9 Å². The van der Waals surface area contributed by atoms with Gasteiger partial charge >= 0.3 is 0 Å². The van der Waals surface area contributed by atoms with E-state index in [1.807, 2.05) is 18.3 Å². The number of aldehydes is 1. The van der Waals surface area contributed by atoms with E-state index in [9.17, 15) is 4.79 Å². The fourth-order valence-corrected chi connectivity index (χ4v) is 1.49. The zero-order chi connectivity index (χ0) is 8.81. The zero-order valence-electron chi connectivity index (χ0n) is 6.99. The van der Waals surface area contributed by atoms with E-state index in [1.54, 1.807) is 11.8 Å². The van der Waals surface area contributed by atoms with E-state index < -0.39 is 0 Å². The lowest BCUT2D eigenvalue weighted by atomic mass is 10.3. The molecule has 0 saturated heterocycles. The third kappa shape index (κ3) is 2.66. The Morgan fingerprint density at radius 1 is 1.58 bits per heavy atom. The number of hydrogen-bond donors (Lipinski definition) is 0. The van der Waals surface area contributed by atoms with Gasteiger partial charge in [0.2, 0.25) is 0 Å². The lowest BCUT2D eigenvalue weighted by Gasteiger charge is -1.98. The molecule has 0 spiro atoms. The zero-order valence-corrected chi connectivity index (χ0v) is 7.80. The third-order valence-corrected chi connectivity index (χ3v) is 2.26. The van der Waals surface area contributed by atoms with Crippen LogP contribution in [0.25, 0.3) is 0 Å². The smallest absolute Gasteiger partial charge is 0.125 e. The van der Waals surface area contributed by atoms with Crippen LogP contribution in [-0.2, 0) is 11.2 Å². The van der Waals surface area contributed by atoms with Gasteiger partial charge in [0.25, 0.3) is 0 Å². The van der Waals surface area contributed by atoms with Crippen LogP contribution in [0.4, 0.5) is 0 Å². The van der Waals surface area contributed by atoms with Gasteiger partial charge in [-0.3, -0.25) is 4.98 Å². The Kier molecular flexibility index (Phi) is 3.80. The van der Waals surface area contributed by atoms with E-state index in [-0.39, 0.29) is 0 Å². The third-order valence-electron chi connectivity index (χ3n) is 1.40. The molecule has 2 nitrogen and oxygen atoms in total. The number of pyridine rings is 1. The summed E-state index contributed by atoms with van der Waals surface area (Å²) in [5, 5.41) is 0. The van der Waals surface area contributed by atoms with E-state index in [0.29, 0.717) is 6.42 Å². The Morgan fingerprint density at radius 3 is 2.92 bits per heavy atom. The van der Waals surface area contributed by atoms with Crippen LogP contribution in [-0.4, -0.2) is 17.0 Å². The molecule has 0 aliphatic carbocycles. The van der Waals surface area contributed by atoms with E-state index in [1.165, 1.54) is 0 Å². The van der Waals surface area contributed by atoms with Crippen molar-refractivity contribution in [1.29, 1.82) is 0 Å². The molecule has 0 aliphatic rings. The molecule has 64 valence electrons. The average molecular weight is 181 g/mol. The standard InChI is InChI=1S/C9H11NOS/c1-2-12-9-4-3-8(5-6-11)10-7-9/h3-4,6-7H,2,5H2,1H3. The summed E-state index contributed by atoms with van der Waals surface area (Å²) in [6.07, 6.45) is 3.10. The second kappa shape index (κ2) is 4.93. The van der Waals surface area contributed by atoms with Gasteiger partial charge in [0, 0.05) is 23.2 Å². The van der Waals surface area contributed by atoms with Crippen molar-refractivity contribution in [3.8, 4) is 0 Å². The molecule has 0 aromatic carbocycles. The molecule has 0 fully saturated rings. The molecule has 0 unspecified atom stereocenters. The van der Waals surface area contributed by atoms with E-state index in [4.69, 9.17) is 0 Å². The van der Waals surface area contributed by atoms with Crippen LogP contribution in [0.2, 0.25) is 0 Å². The first-order valence-corrected chi connectivity index (χ1v) is 4.86. The predicted molar refractivity (Wildman–Crippen MR) is 50.4 cm³/mol. The Bertz CT molecular complexity index is 245. The Labute approximate surface area is 76.4 Å². The van der Waals surface area contributed by atoms with Crippen molar-refractivity contribution in [2.24, 2.45) is 0 Å². The van der Waals surface area contributed by atoms with Crippen molar-refractivity contribution >= 4 is 18.0 Å². The number of carbonyl (C=O) groups excluding carboxylic acids is 1. The van der Waals surface area contributed by atoms with E-state index >= 15 is 0 Å². The van der Waals surface area contributed by atoms with Crippen molar-refractivity contribution in [1.82, 2.24) is 4.98 Å². The van der Waals surface area contributed by atoms with Crippen LogP contribution < -0.4 is 0 Å². The summed E-state index contributed by atoms with van der Waals surface area (Å²) in [6, 6.07) is 3.90. The molecule has 0 bridgehead atoms. The molecule has 0 atom stereocenters. The minimum atomic E-state index is 0.414. The molecular weight excluding hydrogens is 170 g/mol. The summed E-state index contributed by atoms with van der Waals surface area (Å²) < 4.78 is 0. The minimum absolute atomic E-state index is 0.414. The molecule has 1 heterocycles. The molecule has 3 heteroatoms. The van der Waals surface area contributed by atoms with Crippen LogP contribution in [0.1, 0.15) is 12.6 Å². The normalized spacial score (nSPS) is 9.75. The molecule has 1 aromatic heterocycles. The second-order valence-corrected chi connectivity index (χ2v) is 3.63. The maximum atomic E-state index is 10.1. The molecule has 0 amide bonds. The first-order chi connectivity index (χ1) is 5.86. The maximum Gasteiger partial charge on any atom is 0.125 e. The van der Waals surface area contributed by atoms with Gasteiger partial charge in [0.15, 0.2) is 0 Å². The van der Waals surface area contributed by atoms with Gasteiger partial charge in [-0.1, -0.05) is 6.92 Å². The minimum Gasteiger partial charge on any atom is -0.303 e. The highest BCUT2D eigenvalue weighted by atomic mass is 32.2. The van der Waals surface area contributed by atoms with Gasteiger partial charge in [0.05, 0.1) is 0 Å². The lowest BCUT2D eigenvalue weighted by Crippen LogP contribution is -1.89. The van der Waals surface area contributed by atoms with Crippen LogP contribution in [0, 0.1) is 0 Å². The molecule has 1 aromatic rings. The molecule has 12 heavy (non-hydrogen) atoms. The molecule has 0 saturated carbocycles. The number of thioether (sulfide) groups is 1. The van der Waals surface area contributed by atoms with E-state index in [0.717, 1.165) is 22.6 Å². The van der Waals surface area contributed by atoms with Crippen LogP contribution >= 0.6 is 11.8 Å². The van der Waals surface area contributed by atoms with Crippen LogP contribution in [0.5, 0.6) is 0 Å². The predicted octanol–water partition coefficient (Wildman–Crippen LogP) is 1.93. The van der Waals surface area contributed by atoms with Gasteiger partial charge in [0.1, 0.15) is 6.29 Å².